The number of benzene rings is 2. The number of carbonyl (C=O) groups is 3. The van der Waals surface area contributed by atoms with Crippen molar-refractivity contribution in [3.63, 3.8) is 0 Å². The molecule has 2 heterocycles. The number of hydrogen-bond acceptors (Lipinski definition) is 4. The highest BCUT2D eigenvalue weighted by atomic mass is 16.2. The van der Waals surface area contributed by atoms with Crippen LogP contribution in [0.25, 0.3) is 0 Å². The Labute approximate surface area is 201 Å². The van der Waals surface area contributed by atoms with Crippen molar-refractivity contribution in [1.82, 2.24) is 14.7 Å². The highest BCUT2D eigenvalue weighted by molar-refractivity contribution is 5.97. The van der Waals surface area contributed by atoms with Crippen LogP contribution >= 0.6 is 0 Å². The van der Waals surface area contributed by atoms with Crippen LogP contribution in [-0.4, -0.2) is 77.5 Å². The summed E-state index contributed by atoms with van der Waals surface area (Å²) in [6.07, 6.45) is 1.03. The van der Waals surface area contributed by atoms with Crippen molar-refractivity contribution >= 4 is 29.2 Å². The third kappa shape index (κ3) is 4.58. The van der Waals surface area contributed by atoms with E-state index in [2.05, 4.69) is 10.2 Å². The number of urea groups is 1. The SMILES string of the molecule is CCN(CC)C(=O)CN1CN(c2ccccc2)C2(CCN(C(=O)Nc3ccccc3)CC2)C1=O. The predicted octanol–water partition coefficient (Wildman–Crippen LogP) is 3.23. The topological polar surface area (TPSA) is 76.2 Å². The number of rotatable bonds is 6. The molecule has 8 heteroatoms. The molecule has 34 heavy (non-hydrogen) atoms. The molecule has 4 rings (SSSR count). The maximum Gasteiger partial charge on any atom is 0.321 e. The molecule has 1 N–H and O–H groups in total. The minimum absolute atomic E-state index is 0.0278. The number of likely N-dealkylation sites (N-methyl/N-ethyl adjacent to an activating group) is 1. The number of nitrogens with zero attached hydrogens (tertiary/aromatic N) is 4. The summed E-state index contributed by atoms with van der Waals surface area (Å²) in [7, 11) is 0. The van der Waals surface area contributed by atoms with E-state index in [1.807, 2.05) is 74.5 Å². The first-order valence-corrected chi connectivity index (χ1v) is 12.0. The van der Waals surface area contributed by atoms with E-state index in [1.54, 1.807) is 14.7 Å². The Kier molecular flexibility index (Phi) is 7.05. The molecule has 4 amide bonds. The van der Waals surface area contributed by atoms with E-state index >= 15 is 0 Å². The Morgan fingerprint density at radius 3 is 2.12 bits per heavy atom. The summed E-state index contributed by atoms with van der Waals surface area (Å²) in [4.78, 5) is 46.7. The van der Waals surface area contributed by atoms with Gasteiger partial charge in [0.25, 0.3) is 5.91 Å². The van der Waals surface area contributed by atoms with Crippen LogP contribution in [0.2, 0.25) is 0 Å². The lowest BCUT2D eigenvalue weighted by molar-refractivity contribution is -0.140. The number of amides is 4. The summed E-state index contributed by atoms with van der Waals surface area (Å²) in [5.74, 6) is -0.0666. The Bertz CT molecular complexity index is 1000. The van der Waals surface area contributed by atoms with E-state index in [9.17, 15) is 14.4 Å². The summed E-state index contributed by atoms with van der Waals surface area (Å²) < 4.78 is 0. The second-order valence-corrected chi connectivity index (χ2v) is 8.79. The van der Waals surface area contributed by atoms with Crippen molar-refractivity contribution in [2.45, 2.75) is 32.2 Å². The van der Waals surface area contributed by atoms with Crippen LogP contribution in [0.15, 0.2) is 60.7 Å². The molecule has 8 nitrogen and oxygen atoms in total. The van der Waals surface area contributed by atoms with Gasteiger partial charge in [-0.05, 0) is 51.0 Å². The van der Waals surface area contributed by atoms with E-state index in [0.717, 1.165) is 11.4 Å². The fourth-order valence-electron chi connectivity index (χ4n) is 4.97. The lowest BCUT2D eigenvalue weighted by Crippen LogP contribution is -2.58. The van der Waals surface area contributed by atoms with Crippen LogP contribution in [0, 0.1) is 0 Å². The molecule has 0 aliphatic carbocycles. The van der Waals surface area contributed by atoms with Crippen molar-refractivity contribution in [1.29, 1.82) is 0 Å². The Morgan fingerprint density at radius 1 is 0.941 bits per heavy atom. The standard InChI is InChI=1S/C26H33N5O3/c1-3-28(4-2)23(32)19-30-20-31(22-13-9-6-10-14-22)26(24(30)33)15-17-29(18-16-26)25(34)27-21-11-7-5-8-12-21/h5-14H,3-4,15-20H2,1-2H3,(H,27,34). The monoisotopic (exact) mass is 463 g/mol. The smallest absolute Gasteiger partial charge is 0.321 e. The van der Waals surface area contributed by atoms with E-state index < -0.39 is 5.54 Å². The van der Waals surface area contributed by atoms with Gasteiger partial charge in [-0.15, -0.1) is 0 Å². The lowest BCUT2D eigenvalue weighted by atomic mass is 9.85. The Morgan fingerprint density at radius 2 is 1.53 bits per heavy atom. The molecule has 0 atom stereocenters. The third-order valence-electron chi connectivity index (χ3n) is 6.93. The first kappa shape index (κ1) is 23.6. The minimum atomic E-state index is -0.756. The van der Waals surface area contributed by atoms with Gasteiger partial charge < -0.3 is 24.9 Å². The van der Waals surface area contributed by atoms with E-state index in [0.29, 0.717) is 45.7 Å². The summed E-state index contributed by atoms with van der Waals surface area (Å²) in [5.41, 5.74) is 0.946. The quantitative estimate of drug-likeness (QED) is 0.714. The molecule has 2 aromatic rings. The molecule has 2 saturated heterocycles. The van der Waals surface area contributed by atoms with Crippen molar-refractivity contribution in [2.24, 2.45) is 0 Å². The van der Waals surface area contributed by atoms with Gasteiger partial charge in [-0.25, -0.2) is 4.79 Å². The molecule has 0 unspecified atom stereocenters. The first-order chi connectivity index (χ1) is 16.5. The van der Waals surface area contributed by atoms with Gasteiger partial charge in [0.15, 0.2) is 0 Å². The van der Waals surface area contributed by atoms with E-state index in [4.69, 9.17) is 0 Å². The fraction of sp³-hybridized carbons (Fsp3) is 0.423. The maximum absolute atomic E-state index is 13.8. The number of piperidine rings is 1. The number of anilines is 2. The molecule has 1 spiro atoms. The zero-order chi connectivity index (χ0) is 24.1. The second kappa shape index (κ2) is 10.2. The fourth-order valence-corrected chi connectivity index (χ4v) is 4.97. The summed E-state index contributed by atoms with van der Waals surface area (Å²) in [6, 6.07) is 19.1. The van der Waals surface area contributed by atoms with Gasteiger partial charge in [0.2, 0.25) is 5.91 Å². The highest BCUT2D eigenvalue weighted by Crippen LogP contribution is 2.39. The molecule has 2 aliphatic heterocycles. The molecule has 0 radical (unpaired) electrons. The van der Waals surface area contributed by atoms with Gasteiger partial charge in [-0.3, -0.25) is 9.59 Å². The Hall–Kier alpha value is -3.55. The molecule has 2 aromatic carbocycles. The van der Waals surface area contributed by atoms with Crippen molar-refractivity contribution in [3.8, 4) is 0 Å². The summed E-state index contributed by atoms with van der Waals surface area (Å²) >= 11 is 0. The van der Waals surface area contributed by atoms with Crippen LogP contribution in [0.5, 0.6) is 0 Å². The molecule has 0 aromatic heterocycles. The summed E-state index contributed by atoms with van der Waals surface area (Å²) in [5, 5.41) is 2.93. The molecule has 0 saturated carbocycles. The van der Waals surface area contributed by atoms with Gasteiger partial charge >= 0.3 is 6.03 Å². The zero-order valence-corrected chi connectivity index (χ0v) is 19.9. The van der Waals surface area contributed by atoms with Crippen LogP contribution in [0.3, 0.4) is 0 Å². The van der Waals surface area contributed by atoms with Gasteiger partial charge in [-0.1, -0.05) is 36.4 Å². The van der Waals surface area contributed by atoms with Crippen LogP contribution < -0.4 is 10.2 Å². The van der Waals surface area contributed by atoms with E-state index in [-0.39, 0.29) is 24.4 Å². The number of hydrogen-bond donors (Lipinski definition) is 1. The number of likely N-dealkylation sites (tertiary alicyclic amines) is 1. The highest BCUT2D eigenvalue weighted by Gasteiger charge is 2.54. The molecular formula is C26H33N5O3. The van der Waals surface area contributed by atoms with Gasteiger partial charge in [0.05, 0.1) is 6.67 Å². The van der Waals surface area contributed by atoms with Crippen LogP contribution in [0.1, 0.15) is 26.7 Å². The van der Waals surface area contributed by atoms with Gasteiger partial charge in [0, 0.05) is 37.6 Å². The lowest BCUT2D eigenvalue weighted by Gasteiger charge is -2.43. The Balaban J connectivity index is 1.51. The number of carbonyl (C=O) groups excluding carboxylic acids is 3. The first-order valence-electron chi connectivity index (χ1n) is 12.0. The number of nitrogens with one attached hydrogen (secondary N) is 1. The molecule has 2 aliphatic rings. The summed E-state index contributed by atoms with van der Waals surface area (Å²) in [6.45, 7) is 6.50. The predicted molar refractivity (Wildman–Crippen MR) is 132 cm³/mol. The van der Waals surface area contributed by atoms with Crippen molar-refractivity contribution in [2.75, 3.05) is 49.6 Å². The average molecular weight is 464 g/mol. The average Bonchev–Trinajstić information content (AvgIpc) is 3.12. The third-order valence-corrected chi connectivity index (χ3v) is 6.93. The second-order valence-electron chi connectivity index (χ2n) is 8.79. The minimum Gasteiger partial charge on any atom is -0.342 e. The van der Waals surface area contributed by atoms with Gasteiger partial charge in [-0.2, -0.15) is 0 Å². The maximum atomic E-state index is 13.8. The van der Waals surface area contributed by atoms with Crippen molar-refractivity contribution < 1.29 is 14.4 Å². The van der Waals surface area contributed by atoms with E-state index in [1.165, 1.54) is 0 Å². The molecular weight excluding hydrogens is 430 g/mol. The largest absolute Gasteiger partial charge is 0.342 e. The van der Waals surface area contributed by atoms with Crippen molar-refractivity contribution in [3.05, 3.63) is 60.7 Å². The molecule has 2 fully saturated rings. The normalized spacial score (nSPS) is 17.2. The zero-order valence-electron chi connectivity index (χ0n) is 19.9. The molecule has 180 valence electrons. The molecule has 0 bridgehead atoms. The number of para-hydroxylation sites is 2. The van der Waals surface area contributed by atoms with Crippen LogP contribution in [0.4, 0.5) is 16.2 Å². The van der Waals surface area contributed by atoms with Crippen LogP contribution in [-0.2, 0) is 9.59 Å². The van der Waals surface area contributed by atoms with Gasteiger partial charge in [0.1, 0.15) is 12.1 Å².